The lowest BCUT2D eigenvalue weighted by atomic mass is 10.0. The number of rotatable bonds is 2. The minimum absolute atomic E-state index is 0.176. The van der Waals surface area contributed by atoms with E-state index < -0.39 is 12.0 Å². The molecule has 7 heteroatoms. The van der Waals surface area contributed by atoms with Crippen LogP contribution in [0.15, 0.2) is 29.6 Å². The van der Waals surface area contributed by atoms with Crippen molar-refractivity contribution in [1.82, 2.24) is 19.5 Å². The Balaban J connectivity index is 2.08. The van der Waals surface area contributed by atoms with Gasteiger partial charge in [0.2, 0.25) is 0 Å². The van der Waals surface area contributed by atoms with Gasteiger partial charge in [0.1, 0.15) is 6.33 Å². The highest BCUT2D eigenvalue weighted by molar-refractivity contribution is 5.67. The summed E-state index contributed by atoms with van der Waals surface area (Å²) in [6, 6.07) is -0.347. The number of imidazole rings is 1. The lowest BCUT2D eigenvalue weighted by Crippen LogP contribution is -2.25. The van der Waals surface area contributed by atoms with E-state index >= 15 is 0 Å². The molecule has 0 amide bonds. The second kappa shape index (κ2) is 4.29. The van der Waals surface area contributed by atoms with Crippen molar-refractivity contribution < 1.29 is 10.2 Å². The summed E-state index contributed by atoms with van der Waals surface area (Å²) in [6.45, 7) is 3.71. The third-order valence-electron chi connectivity index (χ3n) is 3.74. The zero-order valence-corrected chi connectivity index (χ0v) is 10.2. The number of aromatic nitrogens is 4. The third kappa shape index (κ3) is 1.70. The highest BCUT2D eigenvalue weighted by Gasteiger charge is 2.37. The van der Waals surface area contributed by atoms with Crippen LogP contribution < -0.4 is 5.56 Å². The second-order valence-electron chi connectivity index (χ2n) is 4.74. The van der Waals surface area contributed by atoms with Crippen molar-refractivity contribution in [2.75, 3.05) is 6.61 Å². The van der Waals surface area contributed by atoms with Gasteiger partial charge in [0.25, 0.3) is 5.56 Å². The van der Waals surface area contributed by atoms with Gasteiger partial charge in [0, 0.05) is 5.92 Å². The smallest absolute Gasteiger partial charge is 0.279 e. The highest BCUT2D eigenvalue weighted by Crippen LogP contribution is 2.38. The van der Waals surface area contributed by atoms with Crippen LogP contribution in [0.25, 0.3) is 11.2 Å². The average Bonchev–Trinajstić information content (AvgIpc) is 2.96. The van der Waals surface area contributed by atoms with E-state index in [1.54, 1.807) is 0 Å². The van der Waals surface area contributed by atoms with Crippen molar-refractivity contribution in [2.45, 2.75) is 18.6 Å². The Morgan fingerprint density at radius 2 is 2.32 bits per heavy atom. The van der Waals surface area contributed by atoms with Crippen LogP contribution in [0.4, 0.5) is 0 Å². The van der Waals surface area contributed by atoms with Crippen molar-refractivity contribution in [3.8, 4) is 0 Å². The lowest BCUT2D eigenvalue weighted by Gasteiger charge is -2.15. The van der Waals surface area contributed by atoms with E-state index in [0.717, 1.165) is 0 Å². The predicted molar refractivity (Wildman–Crippen MR) is 67.5 cm³/mol. The summed E-state index contributed by atoms with van der Waals surface area (Å²) in [5, 5.41) is 19.1. The molecule has 7 nitrogen and oxygen atoms in total. The summed E-state index contributed by atoms with van der Waals surface area (Å²) >= 11 is 0. The molecule has 3 atom stereocenters. The van der Waals surface area contributed by atoms with Crippen molar-refractivity contribution in [3.63, 3.8) is 0 Å². The summed E-state index contributed by atoms with van der Waals surface area (Å²) in [5.41, 5.74) is 1.10. The molecule has 1 saturated carbocycles. The lowest BCUT2D eigenvalue weighted by molar-refractivity contribution is 0.101. The van der Waals surface area contributed by atoms with Crippen molar-refractivity contribution in [1.29, 1.82) is 0 Å². The van der Waals surface area contributed by atoms with Gasteiger partial charge in [-0.05, 0) is 12.0 Å². The maximum Gasteiger partial charge on any atom is 0.279 e. The summed E-state index contributed by atoms with van der Waals surface area (Å²) in [6.07, 6.45) is 2.49. The van der Waals surface area contributed by atoms with E-state index in [-0.39, 0.29) is 18.2 Å². The molecule has 1 aliphatic carbocycles. The van der Waals surface area contributed by atoms with Crippen molar-refractivity contribution >= 4 is 11.2 Å². The van der Waals surface area contributed by atoms with E-state index in [9.17, 15) is 15.0 Å². The van der Waals surface area contributed by atoms with Crippen LogP contribution in [-0.4, -0.2) is 42.4 Å². The van der Waals surface area contributed by atoms with Crippen LogP contribution in [0, 0.1) is 5.92 Å². The quantitative estimate of drug-likeness (QED) is 0.638. The standard InChI is InChI=1S/C12H14N4O3/c1-6-7(3-17)9(18)2-8(6)16-5-15-11-10(12(16)19)13-4-14-11/h4-5,7-9,17-18H,1-3H2,(H,13,14)/t7-,8-,9-/m0/s1. The van der Waals surface area contributed by atoms with E-state index in [1.807, 2.05) is 0 Å². The van der Waals surface area contributed by atoms with Crippen molar-refractivity contribution in [2.24, 2.45) is 5.92 Å². The van der Waals surface area contributed by atoms with E-state index in [2.05, 4.69) is 21.5 Å². The molecule has 2 aromatic heterocycles. The van der Waals surface area contributed by atoms with E-state index in [1.165, 1.54) is 17.2 Å². The van der Waals surface area contributed by atoms with E-state index in [0.29, 0.717) is 23.2 Å². The molecule has 0 saturated heterocycles. The maximum atomic E-state index is 12.3. The first-order valence-corrected chi connectivity index (χ1v) is 6.01. The van der Waals surface area contributed by atoms with Gasteiger partial charge in [-0.3, -0.25) is 9.36 Å². The van der Waals surface area contributed by atoms with E-state index in [4.69, 9.17) is 0 Å². The SMILES string of the molecule is C=C1[C@H](CO)[C@@H](O)C[C@@H]1n1cnc2nc[nH]c2c1=O. The van der Waals surface area contributed by atoms with Gasteiger partial charge in [-0.1, -0.05) is 6.58 Å². The molecular formula is C12H14N4O3. The normalized spacial score (nSPS) is 27.3. The number of aliphatic hydroxyl groups excluding tert-OH is 2. The molecular weight excluding hydrogens is 248 g/mol. The van der Waals surface area contributed by atoms with Gasteiger partial charge in [-0.15, -0.1) is 0 Å². The Kier molecular flexibility index (Phi) is 2.72. The molecule has 1 aliphatic rings. The Bertz CT molecular complexity index is 690. The molecule has 2 aromatic rings. The van der Waals surface area contributed by atoms with Gasteiger partial charge in [-0.2, -0.15) is 0 Å². The Labute approximate surface area is 108 Å². The largest absolute Gasteiger partial charge is 0.396 e. The highest BCUT2D eigenvalue weighted by atomic mass is 16.3. The first-order chi connectivity index (χ1) is 9.13. The minimum atomic E-state index is -0.688. The first kappa shape index (κ1) is 12.1. The fraction of sp³-hybridized carbons (Fsp3) is 0.417. The van der Waals surface area contributed by atoms with Crippen LogP contribution in [0.1, 0.15) is 12.5 Å². The molecule has 0 spiro atoms. The molecule has 0 aliphatic heterocycles. The number of fused-ring (bicyclic) bond motifs is 1. The molecule has 0 radical (unpaired) electrons. The second-order valence-corrected chi connectivity index (χ2v) is 4.74. The Morgan fingerprint density at radius 3 is 3.00 bits per heavy atom. The number of hydrogen-bond acceptors (Lipinski definition) is 5. The summed E-state index contributed by atoms with van der Waals surface area (Å²) in [7, 11) is 0. The van der Waals surface area contributed by atoms with Crippen LogP contribution in [0.3, 0.4) is 0 Å². The van der Waals surface area contributed by atoms with Crippen LogP contribution in [-0.2, 0) is 0 Å². The molecule has 0 aromatic carbocycles. The predicted octanol–water partition coefficient (Wildman–Crippen LogP) is -0.410. The zero-order valence-electron chi connectivity index (χ0n) is 10.2. The van der Waals surface area contributed by atoms with Crippen molar-refractivity contribution in [3.05, 3.63) is 35.2 Å². The first-order valence-electron chi connectivity index (χ1n) is 6.01. The van der Waals surface area contributed by atoms with Gasteiger partial charge in [0.05, 0.1) is 25.1 Å². The number of aliphatic hydroxyl groups is 2. The zero-order chi connectivity index (χ0) is 13.6. The molecule has 0 bridgehead atoms. The molecule has 2 heterocycles. The van der Waals surface area contributed by atoms with Crippen LogP contribution in [0.2, 0.25) is 0 Å². The molecule has 100 valence electrons. The van der Waals surface area contributed by atoms with Gasteiger partial charge in [0.15, 0.2) is 11.2 Å². The average molecular weight is 262 g/mol. The number of aromatic amines is 1. The van der Waals surface area contributed by atoms with Gasteiger partial charge < -0.3 is 15.2 Å². The van der Waals surface area contributed by atoms with Gasteiger partial charge >= 0.3 is 0 Å². The summed E-state index contributed by atoms with van der Waals surface area (Å²) < 4.78 is 1.43. The fourth-order valence-electron chi connectivity index (χ4n) is 2.63. The molecule has 3 N–H and O–H groups in total. The number of nitrogens with one attached hydrogen (secondary N) is 1. The minimum Gasteiger partial charge on any atom is -0.396 e. The molecule has 1 fully saturated rings. The summed E-state index contributed by atoms with van der Waals surface area (Å²) in [5.74, 6) is -0.394. The number of H-pyrrole nitrogens is 1. The maximum absolute atomic E-state index is 12.3. The Morgan fingerprint density at radius 1 is 1.53 bits per heavy atom. The van der Waals surface area contributed by atoms with Crippen LogP contribution >= 0.6 is 0 Å². The Hall–Kier alpha value is -1.99. The fourth-order valence-corrected chi connectivity index (χ4v) is 2.63. The summed E-state index contributed by atoms with van der Waals surface area (Å²) in [4.78, 5) is 23.1. The molecule has 19 heavy (non-hydrogen) atoms. The monoisotopic (exact) mass is 262 g/mol. The van der Waals surface area contributed by atoms with Crippen LogP contribution in [0.5, 0.6) is 0 Å². The number of hydrogen-bond donors (Lipinski definition) is 3. The number of nitrogens with zero attached hydrogens (tertiary/aromatic N) is 3. The third-order valence-corrected chi connectivity index (χ3v) is 3.74. The van der Waals surface area contributed by atoms with Gasteiger partial charge in [-0.25, -0.2) is 9.97 Å². The molecule has 3 rings (SSSR count). The molecule has 0 unspecified atom stereocenters. The topological polar surface area (TPSA) is 104 Å².